The molecule has 5 heterocycles. The summed E-state index contributed by atoms with van der Waals surface area (Å²) in [6, 6.07) is 10.8. The fourth-order valence-corrected chi connectivity index (χ4v) is 6.73. The Bertz CT molecular complexity index is 2240. The zero-order valence-electron chi connectivity index (χ0n) is 28.9. The lowest BCUT2D eigenvalue weighted by Gasteiger charge is -2.33. The second kappa shape index (κ2) is 14.8. The molecule has 1 unspecified atom stereocenters. The highest BCUT2D eigenvalue weighted by Gasteiger charge is 2.44. The summed E-state index contributed by atoms with van der Waals surface area (Å²) in [5, 5.41) is 3.34. The molecule has 16 heteroatoms. The molecule has 3 aliphatic rings. The standard InChI is InChI=1S/C37H35ClN6O9/c1-3-22(45)18-53-31-14-21-12-20(4-7-29(21)42(2)36(31)50)13-28-27(38)16-39-37(40-28)43-10-11-51-24(17-43)19-52-23-5-6-25-26(15-23)35(49)44(34(25)48)30-8-9-32(46)41-33(30)47/h4-7,12,14-16,24,30H,3,8-11,13,17-19H2,1-2H3,(H,41,46,47)/t24-,30?/m0/s1. The van der Waals surface area contributed by atoms with Crippen molar-refractivity contribution < 1.29 is 38.2 Å². The number of benzene rings is 2. The quantitative estimate of drug-likeness (QED) is 0.223. The molecule has 0 spiro atoms. The molecule has 15 nitrogen and oxygen atoms in total. The number of hydrogen-bond acceptors (Lipinski definition) is 12. The Morgan fingerprint density at radius 3 is 2.64 bits per heavy atom. The van der Waals surface area contributed by atoms with E-state index in [-0.39, 0.29) is 60.4 Å². The molecular weight excluding hydrogens is 708 g/mol. The smallest absolute Gasteiger partial charge is 0.293 e. The van der Waals surface area contributed by atoms with Gasteiger partial charge in [-0.3, -0.25) is 39.0 Å². The number of Topliss-reactive ketones (excluding diaryl/α,β-unsaturated/α-hetero) is 1. The van der Waals surface area contributed by atoms with E-state index in [1.165, 1.54) is 16.7 Å². The van der Waals surface area contributed by atoms with Crippen molar-refractivity contribution in [2.45, 2.75) is 44.8 Å². The summed E-state index contributed by atoms with van der Waals surface area (Å²) in [5.74, 6) is -1.51. The molecule has 2 aromatic carbocycles. The van der Waals surface area contributed by atoms with Crippen LogP contribution in [0.3, 0.4) is 0 Å². The Labute approximate surface area is 307 Å². The lowest BCUT2D eigenvalue weighted by molar-refractivity contribution is -0.136. The lowest BCUT2D eigenvalue weighted by Crippen LogP contribution is -2.54. The second-order valence-corrected chi connectivity index (χ2v) is 13.4. The number of morpholine rings is 1. The molecule has 2 aromatic heterocycles. The molecule has 2 atom stereocenters. The predicted molar refractivity (Wildman–Crippen MR) is 190 cm³/mol. The van der Waals surface area contributed by atoms with Gasteiger partial charge in [0.05, 0.1) is 46.7 Å². The van der Waals surface area contributed by atoms with Crippen LogP contribution in [0.15, 0.2) is 53.5 Å². The molecule has 0 aliphatic carbocycles. The number of nitrogens with zero attached hydrogens (tertiary/aromatic N) is 5. The average molecular weight is 743 g/mol. The molecule has 4 aromatic rings. The number of rotatable bonds is 11. The Morgan fingerprint density at radius 1 is 1.04 bits per heavy atom. The van der Waals surface area contributed by atoms with Gasteiger partial charge in [-0.25, -0.2) is 9.97 Å². The molecule has 2 fully saturated rings. The van der Waals surface area contributed by atoms with E-state index in [2.05, 4.69) is 10.3 Å². The minimum Gasteiger partial charge on any atom is -0.491 e. The summed E-state index contributed by atoms with van der Waals surface area (Å²) >= 11 is 6.56. The van der Waals surface area contributed by atoms with Crippen molar-refractivity contribution in [3.05, 3.63) is 86.4 Å². The third kappa shape index (κ3) is 7.22. The van der Waals surface area contributed by atoms with E-state index in [9.17, 15) is 28.8 Å². The van der Waals surface area contributed by atoms with E-state index in [0.29, 0.717) is 60.5 Å². The van der Waals surface area contributed by atoms with E-state index in [1.807, 2.05) is 23.1 Å². The number of imide groups is 2. The summed E-state index contributed by atoms with van der Waals surface area (Å²) in [4.78, 5) is 86.9. The molecule has 53 heavy (non-hydrogen) atoms. The Hall–Kier alpha value is -5.67. The molecule has 3 aliphatic heterocycles. The number of amides is 4. The van der Waals surface area contributed by atoms with Gasteiger partial charge in [0.2, 0.25) is 17.8 Å². The Morgan fingerprint density at radius 2 is 1.85 bits per heavy atom. The summed E-state index contributed by atoms with van der Waals surface area (Å²) in [5.41, 5.74) is 2.16. The minimum absolute atomic E-state index is 0.0369. The average Bonchev–Trinajstić information content (AvgIpc) is 3.40. The van der Waals surface area contributed by atoms with Gasteiger partial charge in [-0.1, -0.05) is 24.6 Å². The van der Waals surface area contributed by atoms with Crippen molar-refractivity contribution in [3.63, 3.8) is 0 Å². The highest BCUT2D eigenvalue weighted by molar-refractivity contribution is 6.31. The number of halogens is 1. The molecular formula is C37H35ClN6O9. The number of carbonyl (C=O) groups excluding carboxylic acids is 5. The van der Waals surface area contributed by atoms with Gasteiger partial charge in [0.25, 0.3) is 17.4 Å². The van der Waals surface area contributed by atoms with Crippen LogP contribution in [0.4, 0.5) is 5.95 Å². The van der Waals surface area contributed by atoms with Gasteiger partial charge < -0.3 is 23.7 Å². The zero-order valence-corrected chi connectivity index (χ0v) is 29.7. The van der Waals surface area contributed by atoms with Crippen molar-refractivity contribution in [1.82, 2.24) is 24.8 Å². The summed E-state index contributed by atoms with van der Waals surface area (Å²) in [6.45, 7) is 3.00. The maximum Gasteiger partial charge on any atom is 0.293 e. The van der Waals surface area contributed by atoms with E-state index in [4.69, 9.17) is 30.8 Å². The summed E-state index contributed by atoms with van der Waals surface area (Å²) in [7, 11) is 1.65. The Kier molecular flexibility index (Phi) is 9.94. The Balaban J connectivity index is 1.01. The van der Waals surface area contributed by atoms with Gasteiger partial charge in [0.1, 0.15) is 31.1 Å². The number of anilines is 1. The van der Waals surface area contributed by atoms with Crippen molar-refractivity contribution >= 4 is 57.9 Å². The lowest BCUT2D eigenvalue weighted by atomic mass is 10.0. The van der Waals surface area contributed by atoms with Gasteiger partial charge in [-0.15, -0.1) is 0 Å². The number of carbonyl (C=O) groups is 5. The van der Waals surface area contributed by atoms with Gasteiger partial charge in [0, 0.05) is 38.2 Å². The molecule has 0 saturated carbocycles. The number of ketones is 1. The van der Waals surface area contributed by atoms with Crippen LogP contribution < -0.4 is 25.2 Å². The first-order chi connectivity index (χ1) is 25.5. The van der Waals surface area contributed by atoms with Gasteiger partial charge in [-0.05, 0) is 48.4 Å². The van der Waals surface area contributed by atoms with Gasteiger partial charge >= 0.3 is 0 Å². The summed E-state index contributed by atoms with van der Waals surface area (Å²) in [6.07, 6.45) is 1.98. The van der Waals surface area contributed by atoms with Gasteiger partial charge in [0.15, 0.2) is 11.5 Å². The first kappa shape index (κ1) is 35.7. The maximum absolute atomic E-state index is 13.2. The molecule has 4 amide bonds. The van der Waals surface area contributed by atoms with E-state index < -0.39 is 29.7 Å². The van der Waals surface area contributed by atoms with E-state index in [1.54, 1.807) is 32.3 Å². The number of pyridine rings is 1. The van der Waals surface area contributed by atoms with Crippen LogP contribution in [-0.4, -0.2) is 93.9 Å². The van der Waals surface area contributed by atoms with Crippen molar-refractivity contribution in [1.29, 1.82) is 0 Å². The molecule has 1 N–H and O–H groups in total. The SMILES string of the molecule is CCC(=O)COc1cc2cc(Cc3nc(N4CCO[C@H](COc5ccc6c(c5)C(=O)N(C5CCC(=O)NC5=O)C6=O)C4)ncc3Cl)ccc2n(C)c1=O. The van der Waals surface area contributed by atoms with Crippen molar-refractivity contribution in [2.24, 2.45) is 7.05 Å². The number of nitrogens with one attached hydrogen (secondary N) is 1. The van der Waals surface area contributed by atoms with Crippen LogP contribution in [0.2, 0.25) is 5.02 Å². The molecule has 0 bridgehead atoms. The third-order valence-corrected chi connectivity index (χ3v) is 9.80. The topological polar surface area (TPSA) is 179 Å². The molecule has 0 radical (unpaired) electrons. The zero-order chi connectivity index (χ0) is 37.4. The minimum atomic E-state index is -1.05. The molecule has 2 saturated heterocycles. The van der Waals surface area contributed by atoms with Crippen molar-refractivity contribution in [2.75, 3.05) is 37.8 Å². The third-order valence-electron chi connectivity index (χ3n) is 9.48. The maximum atomic E-state index is 13.2. The number of ether oxygens (including phenoxy) is 3. The highest BCUT2D eigenvalue weighted by atomic mass is 35.5. The number of piperidine rings is 1. The van der Waals surface area contributed by atoms with Crippen LogP contribution in [-0.2, 0) is 32.6 Å². The second-order valence-electron chi connectivity index (χ2n) is 13.0. The number of hydrogen-bond donors (Lipinski definition) is 1. The number of fused-ring (bicyclic) bond motifs is 2. The monoisotopic (exact) mass is 742 g/mol. The fraction of sp³-hybridized carbons (Fsp3) is 0.351. The van der Waals surface area contributed by atoms with Gasteiger partial charge in [-0.2, -0.15) is 0 Å². The van der Waals surface area contributed by atoms with Crippen LogP contribution >= 0.6 is 11.6 Å². The molecule has 7 rings (SSSR count). The largest absolute Gasteiger partial charge is 0.491 e. The number of aromatic nitrogens is 3. The fourth-order valence-electron chi connectivity index (χ4n) is 6.57. The van der Waals surface area contributed by atoms with E-state index >= 15 is 0 Å². The predicted octanol–water partition coefficient (Wildman–Crippen LogP) is 2.62. The van der Waals surface area contributed by atoms with Crippen LogP contribution in [0.5, 0.6) is 11.5 Å². The van der Waals surface area contributed by atoms with Crippen LogP contribution in [0.1, 0.15) is 58.2 Å². The first-order valence-corrected chi connectivity index (χ1v) is 17.5. The molecule has 274 valence electrons. The summed E-state index contributed by atoms with van der Waals surface area (Å²) < 4.78 is 19.0. The van der Waals surface area contributed by atoms with Crippen LogP contribution in [0.25, 0.3) is 10.9 Å². The first-order valence-electron chi connectivity index (χ1n) is 17.1. The highest BCUT2D eigenvalue weighted by Crippen LogP contribution is 2.31. The van der Waals surface area contributed by atoms with Crippen molar-refractivity contribution in [3.8, 4) is 11.5 Å². The normalized spacial score (nSPS) is 18.7. The number of aryl methyl sites for hydroxylation is 1. The van der Waals surface area contributed by atoms with E-state index in [0.717, 1.165) is 15.8 Å². The van der Waals surface area contributed by atoms with Crippen LogP contribution in [0, 0.1) is 0 Å².